The van der Waals surface area contributed by atoms with Crippen molar-refractivity contribution in [2.75, 3.05) is 0 Å². The highest BCUT2D eigenvalue weighted by Crippen LogP contribution is 2.43. The monoisotopic (exact) mass is 147 g/mol. The third kappa shape index (κ3) is 1.59. The lowest BCUT2D eigenvalue weighted by atomic mass is 10.1. The van der Waals surface area contributed by atoms with Crippen LogP contribution in [0.3, 0.4) is 0 Å². The van der Waals surface area contributed by atoms with Crippen molar-refractivity contribution >= 4 is 12.4 Å². The van der Waals surface area contributed by atoms with Gasteiger partial charge < -0.3 is 5.73 Å². The van der Waals surface area contributed by atoms with Gasteiger partial charge in [-0.05, 0) is 37.5 Å². The smallest absolute Gasteiger partial charge is 0.00956 e. The molecule has 9 heavy (non-hydrogen) atoms. The molecule has 0 aliphatic heterocycles. The highest BCUT2D eigenvalue weighted by molar-refractivity contribution is 5.85. The molecule has 2 aliphatic carbocycles. The summed E-state index contributed by atoms with van der Waals surface area (Å²) in [7, 11) is 0. The zero-order valence-electron chi connectivity index (χ0n) is 5.55. The van der Waals surface area contributed by atoms with E-state index in [-0.39, 0.29) is 12.4 Å². The van der Waals surface area contributed by atoms with Crippen LogP contribution in [-0.2, 0) is 0 Å². The zero-order chi connectivity index (χ0) is 5.56. The molecule has 0 aromatic rings. The number of hydrogen-bond acceptors (Lipinski definition) is 1. The fourth-order valence-electron chi connectivity index (χ4n) is 1.35. The summed E-state index contributed by atoms with van der Waals surface area (Å²) in [5.74, 6) is 1.87. The first kappa shape index (κ1) is 7.36. The van der Waals surface area contributed by atoms with Crippen molar-refractivity contribution in [1.29, 1.82) is 0 Å². The predicted octanol–water partition coefficient (Wildman–Crippen LogP) is 1.56. The Morgan fingerprint density at radius 1 is 1.00 bits per heavy atom. The van der Waals surface area contributed by atoms with Gasteiger partial charge in [-0.2, -0.15) is 0 Å². The molecule has 2 heteroatoms. The fourth-order valence-corrected chi connectivity index (χ4v) is 1.35. The Labute approximate surface area is 62.4 Å². The quantitative estimate of drug-likeness (QED) is 0.631. The molecular formula is C7H14ClN. The summed E-state index contributed by atoms with van der Waals surface area (Å²) < 4.78 is 0. The van der Waals surface area contributed by atoms with Crippen LogP contribution < -0.4 is 5.73 Å². The lowest BCUT2D eigenvalue weighted by Crippen LogP contribution is -2.24. The van der Waals surface area contributed by atoms with Crippen LogP contribution in [0, 0.1) is 11.8 Å². The van der Waals surface area contributed by atoms with Crippen molar-refractivity contribution in [2.45, 2.75) is 31.7 Å². The molecule has 2 fully saturated rings. The largest absolute Gasteiger partial charge is 0.327 e. The van der Waals surface area contributed by atoms with E-state index in [0.717, 1.165) is 11.8 Å². The molecular weight excluding hydrogens is 134 g/mol. The summed E-state index contributed by atoms with van der Waals surface area (Å²) in [4.78, 5) is 0. The SMILES string of the molecule is Cl.NC(C1CC1)C1CC1. The number of halogens is 1. The molecule has 0 unspecified atom stereocenters. The van der Waals surface area contributed by atoms with Crippen molar-refractivity contribution in [2.24, 2.45) is 17.6 Å². The molecule has 2 saturated carbocycles. The first-order chi connectivity index (χ1) is 3.88. The van der Waals surface area contributed by atoms with Crippen molar-refractivity contribution < 1.29 is 0 Å². The zero-order valence-corrected chi connectivity index (χ0v) is 6.36. The lowest BCUT2D eigenvalue weighted by Gasteiger charge is -2.05. The van der Waals surface area contributed by atoms with Crippen LogP contribution in [0.4, 0.5) is 0 Å². The molecule has 2 N–H and O–H groups in total. The highest BCUT2D eigenvalue weighted by atomic mass is 35.5. The molecule has 1 nitrogen and oxygen atoms in total. The molecule has 0 amide bonds. The van der Waals surface area contributed by atoms with Gasteiger partial charge in [-0.1, -0.05) is 0 Å². The molecule has 0 bridgehead atoms. The van der Waals surface area contributed by atoms with Gasteiger partial charge in [0.15, 0.2) is 0 Å². The van der Waals surface area contributed by atoms with Crippen molar-refractivity contribution in [1.82, 2.24) is 0 Å². The minimum Gasteiger partial charge on any atom is -0.327 e. The van der Waals surface area contributed by atoms with E-state index in [0.29, 0.717) is 6.04 Å². The second kappa shape index (κ2) is 2.47. The van der Waals surface area contributed by atoms with E-state index in [4.69, 9.17) is 5.73 Å². The third-order valence-electron chi connectivity index (χ3n) is 2.33. The Bertz CT molecular complexity index is 85.1. The Morgan fingerprint density at radius 2 is 1.33 bits per heavy atom. The van der Waals surface area contributed by atoms with Gasteiger partial charge in [-0.25, -0.2) is 0 Å². The molecule has 0 radical (unpaired) electrons. The maximum absolute atomic E-state index is 5.88. The van der Waals surface area contributed by atoms with Crippen molar-refractivity contribution in [3.63, 3.8) is 0 Å². The van der Waals surface area contributed by atoms with Crippen LogP contribution in [0.5, 0.6) is 0 Å². The van der Waals surface area contributed by atoms with Crippen LogP contribution in [-0.4, -0.2) is 6.04 Å². The van der Waals surface area contributed by atoms with Gasteiger partial charge in [0.05, 0.1) is 0 Å². The van der Waals surface area contributed by atoms with Gasteiger partial charge >= 0.3 is 0 Å². The average Bonchev–Trinajstić information content (AvgIpc) is 2.63. The topological polar surface area (TPSA) is 26.0 Å². The number of rotatable bonds is 2. The van der Waals surface area contributed by atoms with Crippen molar-refractivity contribution in [3.8, 4) is 0 Å². The Hall–Kier alpha value is 0.250. The molecule has 0 aromatic carbocycles. The lowest BCUT2D eigenvalue weighted by molar-refractivity contribution is 0.530. The summed E-state index contributed by atoms with van der Waals surface area (Å²) in [5.41, 5.74) is 5.88. The molecule has 2 aliphatic rings. The Balaban J connectivity index is 0.000000405. The fraction of sp³-hybridized carbons (Fsp3) is 1.00. The van der Waals surface area contributed by atoms with E-state index in [2.05, 4.69) is 0 Å². The number of nitrogens with two attached hydrogens (primary N) is 1. The van der Waals surface area contributed by atoms with Gasteiger partial charge in [0, 0.05) is 6.04 Å². The molecule has 2 rings (SSSR count). The van der Waals surface area contributed by atoms with Gasteiger partial charge in [0.25, 0.3) is 0 Å². The van der Waals surface area contributed by atoms with Crippen LogP contribution in [0.2, 0.25) is 0 Å². The van der Waals surface area contributed by atoms with E-state index in [1.807, 2.05) is 0 Å². The number of hydrogen-bond donors (Lipinski definition) is 1. The van der Waals surface area contributed by atoms with Crippen LogP contribution >= 0.6 is 12.4 Å². The molecule has 0 saturated heterocycles. The summed E-state index contributed by atoms with van der Waals surface area (Å²) in [6.07, 6.45) is 5.66. The van der Waals surface area contributed by atoms with E-state index in [1.165, 1.54) is 25.7 Å². The second-order valence-electron chi connectivity index (χ2n) is 3.25. The van der Waals surface area contributed by atoms with E-state index >= 15 is 0 Å². The summed E-state index contributed by atoms with van der Waals surface area (Å²) >= 11 is 0. The molecule has 0 atom stereocenters. The summed E-state index contributed by atoms with van der Waals surface area (Å²) in [5, 5.41) is 0. The standard InChI is InChI=1S/C7H13N.ClH/c8-7(5-1-2-5)6-3-4-6;/h5-7H,1-4,8H2;1H. The third-order valence-corrected chi connectivity index (χ3v) is 2.33. The normalized spacial score (nSPS) is 26.0. The highest BCUT2D eigenvalue weighted by Gasteiger charge is 2.38. The maximum Gasteiger partial charge on any atom is 0.00956 e. The molecule has 0 spiro atoms. The van der Waals surface area contributed by atoms with Crippen LogP contribution in [0.25, 0.3) is 0 Å². The molecule has 54 valence electrons. The van der Waals surface area contributed by atoms with Gasteiger partial charge in [0.2, 0.25) is 0 Å². The molecule has 0 aromatic heterocycles. The Morgan fingerprint density at radius 3 is 1.56 bits per heavy atom. The Kier molecular flexibility index (Phi) is 2.02. The second-order valence-corrected chi connectivity index (χ2v) is 3.25. The van der Waals surface area contributed by atoms with Gasteiger partial charge in [-0.15, -0.1) is 12.4 Å². The predicted molar refractivity (Wildman–Crippen MR) is 40.7 cm³/mol. The van der Waals surface area contributed by atoms with Crippen LogP contribution in [0.1, 0.15) is 25.7 Å². The summed E-state index contributed by atoms with van der Waals surface area (Å²) in [6, 6.07) is 0.593. The molecule has 0 heterocycles. The van der Waals surface area contributed by atoms with Crippen LogP contribution in [0.15, 0.2) is 0 Å². The van der Waals surface area contributed by atoms with Gasteiger partial charge in [-0.3, -0.25) is 0 Å². The summed E-state index contributed by atoms with van der Waals surface area (Å²) in [6.45, 7) is 0. The minimum atomic E-state index is 0. The van der Waals surface area contributed by atoms with E-state index in [1.54, 1.807) is 0 Å². The van der Waals surface area contributed by atoms with Crippen molar-refractivity contribution in [3.05, 3.63) is 0 Å². The maximum atomic E-state index is 5.88. The average molecular weight is 148 g/mol. The van der Waals surface area contributed by atoms with E-state index < -0.39 is 0 Å². The van der Waals surface area contributed by atoms with E-state index in [9.17, 15) is 0 Å². The first-order valence-corrected chi connectivity index (χ1v) is 3.63. The first-order valence-electron chi connectivity index (χ1n) is 3.63. The minimum absolute atomic E-state index is 0. The van der Waals surface area contributed by atoms with Gasteiger partial charge in [0.1, 0.15) is 0 Å².